The lowest BCUT2D eigenvalue weighted by Gasteiger charge is -2.17. The highest BCUT2D eigenvalue weighted by atomic mass is 19.4. The zero-order valence-corrected chi connectivity index (χ0v) is 12.6. The van der Waals surface area contributed by atoms with Crippen molar-refractivity contribution in [3.8, 4) is 0 Å². The molecule has 7 heteroatoms. The molecule has 124 valence electrons. The molecule has 1 rings (SSSR count). The van der Waals surface area contributed by atoms with Crippen molar-refractivity contribution in [1.82, 2.24) is 5.32 Å². The Hall–Kier alpha value is -1.60. The smallest absolute Gasteiger partial charge is 0.380 e. The monoisotopic (exact) mass is 318 g/mol. The number of halogens is 3. The maximum absolute atomic E-state index is 12.5. The molecule has 1 aromatic rings. The summed E-state index contributed by atoms with van der Waals surface area (Å²) in [5, 5.41) is 2.78. The molecular weight excluding hydrogens is 297 g/mol. The lowest BCUT2D eigenvalue weighted by atomic mass is 10.0. The van der Waals surface area contributed by atoms with E-state index in [2.05, 4.69) is 5.32 Å². The Balaban J connectivity index is 2.51. The summed E-state index contributed by atoms with van der Waals surface area (Å²) < 4.78 is 42.4. The number of hydrogen-bond acceptors (Lipinski definition) is 3. The number of alkyl halides is 3. The second-order valence-electron chi connectivity index (χ2n) is 5.16. The maximum Gasteiger partial charge on any atom is 0.416 e. The van der Waals surface area contributed by atoms with Gasteiger partial charge in [-0.25, -0.2) is 0 Å². The van der Waals surface area contributed by atoms with Crippen LogP contribution in [0.4, 0.5) is 13.2 Å². The van der Waals surface area contributed by atoms with Crippen molar-refractivity contribution in [1.29, 1.82) is 0 Å². The number of nitrogens with one attached hydrogen (secondary N) is 1. The van der Waals surface area contributed by atoms with Gasteiger partial charge in [-0.1, -0.05) is 12.1 Å². The first kappa shape index (κ1) is 18.4. The Kier molecular flexibility index (Phi) is 6.83. The number of hydrogen-bond donors (Lipinski definition) is 2. The fourth-order valence-corrected chi connectivity index (χ4v) is 2.04. The number of rotatable bonds is 7. The fourth-order valence-electron chi connectivity index (χ4n) is 2.04. The Morgan fingerprint density at radius 1 is 1.32 bits per heavy atom. The molecule has 0 heterocycles. The minimum atomic E-state index is -4.34. The predicted octanol–water partition coefficient (Wildman–Crippen LogP) is 2.12. The van der Waals surface area contributed by atoms with E-state index in [1.807, 2.05) is 0 Å². The number of amides is 1. The van der Waals surface area contributed by atoms with Crippen molar-refractivity contribution in [2.45, 2.75) is 38.1 Å². The lowest BCUT2D eigenvalue weighted by molar-refractivity contribution is -0.137. The summed E-state index contributed by atoms with van der Waals surface area (Å²) in [6, 6.07) is 4.73. The standard InChI is InChI=1S/C15H21F3N2O2/c1-10(20-14(21)8-13(9-19)22-2)7-11-3-5-12(6-4-11)15(16,17)18/h3-6,10,13H,7-9,19H2,1-2H3,(H,20,21). The minimum absolute atomic E-state index is 0.157. The van der Waals surface area contributed by atoms with Gasteiger partial charge in [0.2, 0.25) is 5.91 Å². The first-order chi connectivity index (χ1) is 10.3. The van der Waals surface area contributed by atoms with E-state index < -0.39 is 11.7 Å². The van der Waals surface area contributed by atoms with Crippen molar-refractivity contribution >= 4 is 5.91 Å². The summed E-state index contributed by atoms with van der Waals surface area (Å²) in [6.45, 7) is 2.04. The number of carbonyl (C=O) groups excluding carboxylic acids is 1. The van der Waals surface area contributed by atoms with Gasteiger partial charge in [0.05, 0.1) is 18.1 Å². The van der Waals surface area contributed by atoms with Crippen LogP contribution >= 0.6 is 0 Å². The van der Waals surface area contributed by atoms with E-state index in [1.54, 1.807) is 6.92 Å². The van der Waals surface area contributed by atoms with Crippen molar-refractivity contribution in [2.75, 3.05) is 13.7 Å². The Labute approximate surface area is 127 Å². The molecule has 0 aliphatic heterocycles. The van der Waals surface area contributed by atoms with E-state index in [1.165, 1.54) is 19.2 Å². The molecule has 0 aliphatic carbocycles. The van der Waals surface area contributed by atoms with Gasteiger partial charge in [0.15, 0.2) is 0 Å². The van der Waals surface area contributed by atoms with Crippen LogP contribution in [0, 0.1) is 0 Å². The second kappa shape index (κ2) is 8.14. The molecule has 4 nitrogen and oxygen atoms in total. The van der Waals surface area contributed by atoms with Gasteiger partial charge >= 0.3 is 6.18 Å². The van der Waals surface area contributed by atoms with Crippen LogP contribution in [-0.4, -0.2) is 31.7 Å². The average molecular weight is 318 g/mol. The Morgan fingerprint density at radius 2 is 1.91 bits per heavy atom. The fraction of sp³-hybridized carbons (Fsp3) is 0.533. The topological polar surface area (TPSA) is 64.3 Å². The molecule has 22 heavy (non-hydrogen) atoms. The molecule has 0 aromatic heterocycles. The van der Waals surface area contributed by atoms with Gasteiger partial charge in [-0.3, -0.25) is 4.79 Å². The molecular formula is C15H21F3N2O2. The summed E-state index contributed by atoms with van der Waals surface area (Å²) in [5.74, 6) is -0.197. The average Bonchev–Trinajstić information content (AvgIpc) is 2.44. The number of benzene rings is 1. The van der Waals surface area contributed by atoms with Crippen LogP contribution in [0.25, 0.3) is 0 Å². The van der Waals surface area contributed by atoms with E-state index in [-0.39, 0.29) is 31.0 Å². The van der Waals surface area contributed by atoms with Crippen molar-refractivity contribution in [3.63, 3.8) is 0 Å². The van der Waals surface area contributed by atoms with Crippen LogP contribution in [0.15, 0.2) is 24.3 Å². The maximum atomic E-state index is 12.5. The molecule has 0 aliphatic rings. The third-order valence-corrected chi connectivity index (χ3v) is 3.24. The Bertz CT molecular complexity index is 471. The lowest BCUT2D eigenvalue weighted by Crippen LogP contribution is -2.38. The van der Waals surface area contributed by atoms with Gasteiger partial charge < -0.3 is 15.8 Å². The summed E-state index contributed by atoms with van der Waals surface area (Å²) >= 11 is 0. The van der Waals surface area contributed by atoms with Crippen LogP contribution in [-0.2, 0) is 22.1 Å². The van der Waals surface area contributed by atoms with Crippen molar-refractivity contribution in [3.05, 3.63) is 35.4 Å². The molecule has 0 spiro atoms. The highest BCUT2D eigenvalue weighted by Gasteiger charge is 2.29. The van der Waals surface area contributed by atoms with Crippen LogP contribution in [0.3, 0.4) is 0 Å². The van der Waals surface area contributed by atoms with Gasteiger partial charge in [-0.15, -0.1) is 0 Å². The second-order valence-corrected chi connectivity index (χ2v) is 5.16. The highest BCUT2D eigenvalue weighted by Crippen LogP contribution is 2.29. The molecule has 0 saturated carbocycles. The van der Waals surface area contributed by atoms with E-state index in [0.29, 0.717) is 6.42 Å². The third kappa shape index (κ3) is 6.03. The van der Waals surface area contributed by atoms with Gasteiger partial charge in [-0.2, -0.15) is 13.2 Å². The molecule has 0 bridgehead atoms. The van der Waals surface area contributed by atoms with E-state index in [0.717, 1.165) is 17.7 Å². The molecule has 2 atom stereocenters. The summed E-state index contributed by atoms with van der Waals surface area (Å²) in [6.07, 6.45) is -4.07. The van der Waals surface area contributed by atoms with E-state index in [4.69, 9.17) is 10.5 Å². The zero-order valence-electron chi connectivity index (χ0n) is 12.6. The summed E-state index contributed by atoms with van der Waals surface area (Å²) in [4.78, 5) is 11.8. The molecule has 1 aromatic carbocycles. The van der Waals surface area contributed by atoms with Crippen molar-refractivity contribution in [2.24, 2.45) is 5.73 Å². The van der Waals surface area contributed by atoms with Crippen LogP contribution < -0.4 is 11.1 Å². The van der Waals surface area contributed by atoms with E-state index >= 15 is 0 Å². The van der Waals surface area contributed by atoms with Crippen LogP contribution in [0.5, 0.6) is 0 Å². The first-order valence-corrected chi connectivity index (χ1v) is 6.94. The normalized spacial score (nSPS) is 14.5. The number of ether oxygens (including phenoxy) is 1. The van der Waals surface area contributed by atoms with Crippen LogP contribution in [0.1, 0.15) is 24.5 Å². The zero-order chi connectivity index (χ0) is 16.8. The van der Waals surface area contributed by atoms with Crippen molar-refractivity contribution < 1.29 is 22.7 Å². The number of methoxy groups -OCH3 is 1. The van der Waals surface area contributed by atoms with Crippen LogP contribution in [0.2, 0.25) is 0 Å². The SMILES string of the molecule is COC(CN)CC(=O)NC(C)Cc1ccc(C(F)(F)F)cc1. The number of carbonyl (C=O) groups is 1. The van der Waals surface area contributed by atoms with Gasteiger partial charge in [0.25, 0.3) is 0 Å². The quantitative estimate of drug-likeness (QED) is 0.809. The minimum Gasteiger partial charge on any atom is -0.380 e. The highest BCUT2D eigenvalue weighted by molar-refractivity contribution is 5.76. The van der Waals surface area contributed by atoms with Gasteiger partial charge in [0.1, 0.15) is 0 Å². The predicted molar refractivity (Wildman–Crippen MR) is 77.2 cm³/mol. The van der Waals surface area contributed by atoms with Gasteiger partial charge in [0, 0.05) is 19.7 Å². The number of nitrogens with two attached hydrogens (primary N) is 1. The molecule has 1 amide bonds. The summed E-state index contributed by atoms with van der Waals surface area (Å²) in [5.41, 5.74) is 5.48. The largest absolute Gasteiger partial charge is 0.416 e. The molecule has 2 unspecified atom stereocenters. The molecule has 0 radical (unpaired) electrons. The van der Waals surface area contributed by atoms with E-state index in [9.17, 15) is 18.0 Å². The Morgan fingerprint density at radius 3 is 2.36 bits per heavy atom. The first-order valence-electron chi connectivity index (χ1n) is 6.94. The third-order valence-electron chi connectivity index (χ3n) is 3.24. The molecule has 3 N–H and O–H groups in total. The molecule has 0 saturated heterocycles. The molecule has 0 fully saturated rings. The summed E-state index contributed by atoms with van der Waals surface area (Å²) in [7, 11) is 1.48. The van der Waals surface area contributed by atoms with Gasteiger partial charge in [-0.05, 0) is 31.0 Å².